The maximum absolute atomic E-state index is 9.43. The normalized spacial score (nSPS) is 32.1. The van der Waals surface area contributed by atoms with E-state index >= 15 is 0 Å². The Morgan fingerprint density at radius 2 is 1.75 bits per heavy atom. The highest BCUT2D eigenvalue weighted by Gasteiger charge is 2.53. The lowest BCUT2D eigenvalue weighted by Gasteiger charge is -2.35. The fraction of sp³-hybridized carbons (Fsp3) is 0.667. The molecule has 2 atom stereocenters. The molecule has 0 saturated heterocycles. The van der Waals surface area contributed by atoms with E-state index in [0.29, 0.717) is 11.2 Å². The van der Waals surface area contributed by atoms with Gasteiger partial charge in [-0.1, -0.05) is 12.1 Å². The van der Waals surface area contributed by atoms with Crippen molar-refractivity contribution in [1.29, 1.82) is 0 Å². The van der Waals surface area contributed by atoms with Gasteiger partial charge >= 0.3 is 0 Å². The Morgan fingerprint density at radius 1 is 1.15 bits per heavy atom. The number of rotatable bonds is 4. The summed E-state index contributed by atoms with van der Waals surface area (Å²) < 4.78 is 0. The molecule has 0 aromatic heterocycles. The molecule has 3 rings (SSSR count). The molecule has 2 aliphatic rings. The van der Waals surface area contributed by atoms with Crippen LogP contribution in [0.5, 0.6) is 5.75 Å². The lowest BCUT2D eigenvalue weighted by Crippen LogP contribution is -2.44. The molecule has 110 valence electrons. The van der Waals surface area contributed by atoms with Crippen LogP contribution in [-0.4, -0.2) is 17.2 Å². The Balaban J connectivity index is 1.71. The van der Waals surface area contributed by atoms with Gasteiger partial charge in [-0.15, -0.1) is 0 Å². The smallest absolute Gasteiger partial charge is 0.115 e. The molecule has 20 heavy (non-hydrogen) atoms. The molecule has 0 bridgehead atoms. The van der Waals surface area contributed by atoms with Gasteiger partial charge in [-0.25, -0.2) is 0 Å². The molecule has 2 nitrogen and oxygen atoms in total. The van der Waals surface area contributed by atoms with Crippen molar-refractivity contribution >= 4 is 0 Å². The summed E-state index contributed by atoms with van der Waals surface area (Å²) in [5.41, 5.74) is 1.98. The maximum atomic E-state index is 9.43. The van der Waals surface area contributed by atoms with E-state index in [1.807, 2.05) is 12.1 Å². The monoisotopic (exact) mass is 273 g/mol. The number of fused-ring (bicyclic) bond motifs is 1. The zero-order valence-corrected chi connectivity index (χ0v) is 12.9. The van der Waals surface area contributed by atoms with Crippen molar-refractivity contribution in [3.05, 3.63) is 29.8 Å². The first-order valence-corrected chi connectivity index (χ1v) is 7.88. The van der Waals surface area contributed by atoms with Crippen LogP contribution in [-0.2, 0) is 6.42 Å². The van der Waals surface area contributed by atoms with E-state index in [4.69, 9.17) is 0 Å². The highest BCUT2D eigenvalue weighted by Crippen LogP contribution is 2.60. The molecular weight excluding hydrogens is 246 g/mol. The average Bonchev–Trinajstić information content (AvgIpc) is 2.98. The number of phenolic OH excluding ortho intramolecular Hbond substituents is 1. The predicted molar refractivity (Wildman–Crippen MR) is 82.8 cm³/mol. The Labute approximate surface area is 122 Å². The zero-order chi connectivity index (χ0) is 14.4. The molecule has 2 unspecified atom stereocenters. The molecule has 2 aliphatic carbocycles. The molecule has 0 heterocycles. The number of nitrogens with one attached hydrogen (secondary N) is 1. The van der Waals surface area contributed by atoms with Gasteiger partial charge in [0.25, 0.3) is 0 Å². The van der Waals surface area contributed by atoms with Crippen molar-refractivity contribution in [3.8, 4) is 5.75 Å². The van der Waals surface area contributed by atoms with Gasteiger partial charge in [-0.3, -0.25) is 0 Å². The largest absolute Gasteiger partial charge is 0.508 e. The summed E-state index contributed by atoms with van der Waals surface area (Å²) >= 11 is 0. The summed E-state index contributed by atoms with van der Waals surface area (Å²) in [6.07, 6.45) is 5.36. The summed E-state index contributed by atoms with van der Waals surface area (Å²) in [6, 6.07) is 7.79. The third kappa shape index (κ3) is 3.17. The molecule has 2 saturated carbocycles. The van der Waals surface area contributed by atoms with Crippen LogP contribution in [0.25, 0.3) is 0 Å². The molecule has 0 aliphatic heterocycles. The fourth-order valence-corrected chi connectivity index (χ4v) is 3.86. The van der Waals surface area contributed by atoms with Crippen molar-refractivity contribution in [1.82, 2.24) is 5.32 Å². The van der Waals surface area contributed by atoms with Gasteiger partial charge in [0.15, 0.2) is 0 Å². The van der Waals surface area contributed by atoms with Crippen LogP contribution in [0.3, 0.4) is 0 Å². The van der Waals surface area contributed by atoms with Crippen molar-refractivity contribution in [2.75, 3.05) is 6.54 Å². The SMILES string of the molecule is CC(C)(C)NCC1(Cc2ccc(O)cc2)CC2CC2C1. The molecule has 2 N–H and O–H groups in total. The van der Waals surface area contributed by atoms with Gasteiger partial charge in [0.1, 0.15) is 5.75 Å². The molecule has 1 aromatic rings. The predicted octanol–water partition coefficient (Wildman–Crippen LogP) is 3.74. The first kappa shape index (κ1) is 13.9. The number of aromatic hydroxyl groups is 1. The lowest BCUT2D eigenvalue weighted by atomic mass is 9.77. The molecule has 0 spiro atoms. The van der Waals surface area contributed by atoms with Crippen LogP contribution in [0.2, 0.25) is 0 Å². The van der Waals surface area contributed by atoms with E-state index < -0.39 is 0 Å². The quantitative estimate of drug-likeness (QED) is 0.876. The van der Waals surface area contributed by atoms with Crippen molar-refractivity contribution in [2.45, 2.75) is 52.0 Å². The highest BCUT2D eigenvalue weighted by molar-refractivity contribution is 5.27. The van der Waals surface area contributed by atoms with Crippen molar-refractivity contribution in [2.24, 2.45) is 17.3 Å². The summed E-state index contributed by atoms with van der Waals surface area (Å²) in [5.74, 6) is 2.35. The van der Waals surface area contributed by atoms with Crippen molar-refractivity contribution < 1.29 is 5.11 Å². The minimum atomic E-state index is 0.189. The first-order chi connectivity index (χ1) is 9.35. The van der Waals surface area contributed by atoms with Crippen LogP contribution in [0.4, 0.5) is 0 Å². The van der Waals surface area contributed by atoms with Crippen LogP contribution in [0.15, 0.2) is 24.3 Å². The van der Waals surface area contributed by atoms with Gasteiger partial charge < -0.3 is 10.4 Å². The molecule has 0 amide bonds. The van der Waals surface area contributed by atoms with E-state index in [0.717, 1.165) is 24.8 Å². The van der Waals surface area contributed by atoms with Crippen LogP contribution >= 0.6 is 0 Å². The van der Waals surface area contributed by atoms with Gasteiger partial charge in [0.05, 0.1) is 0 Å². The minimum Gasteiger partial charge on any atom is -0.508 e. The third-order valence-electron chi connectivity index (χ3n) is 4.97. The number of phenols is 1. The average molecular weight is 273 g/mol. The topological polar surface area (TPSA) is 32.3 Å². The maximum Gasteiger partial charge on any atom is 0.115 e. The Morgan fingerprint density at radius 3 is 2.30 bits per heavy atom. The summed E-state index contributed by atoms with van der Waals surface area (Å²) in [6.45, 7) is 7.86. The third-order valence-corrected chi connectivity index (χ3v) is 4.97. The molecular formula is C18H27NO. The Hall–Kier alpha value is -1.02. The van der Waals surface area contributed by atoms with Crippen molar-refractivity contribution in [3.63, 3.8) is 0 Å². The number of benzene rings is 1. The van der Waals surface area contributed by atoms with Crippen LogP contribution in [0.1, 0.15) is 45.6 Å². The molecule has 1 aromatic carbocycles. The Bertz CT molecular complexity index is 461. The van der Waals surface area contributed by atoms with Gasteiger partial charge in [-0.05, 0) is 81.4 Å². The lowest BCUT2D eigenvalue weighted by molar-refractivity contribution is 0.222. The van der Waals surface area contributed by atoms with Crippen LogP contribution in [0, 0.1) is 17.3 Å². The van der Waals surface area contributed by atoms with Gasteiger partial charge in [0.2, 0.25) is 0 Å². The summed E-state index contributed by atoms with van der Waals surface area (Å²) in [7, 11) is 0. The summed E-state index contributed by atoms with van der Waals surface area (Å²) in [4.78, 5) is 0. The molecule has 0 radical (unpaired) electrons. The fourth-order valence-electron chi connectivity index (χ4n) is 3.86. The standard InChI is InChI=1S/C18H27NO/c1-17(2,3)19-12-18(10-14-8-15(14)11-18)9-13-4-6-16(20)7-5-13/h4-7,14-15,19-20H,8-12H2,1-3H3. The van der Waals surface area contributed by atoms with Gasteiger partial charge in [0, 0.05) is 12.1 Å². The van der Waals surface area contributed by atoms with Gasteiger partial charge in [-0.2, -0.15) is 0 Å². The number of hydrogen-bond acceptors (Lipinski definition) is 2. The molecule has 2 fully saturated rings. The van der Waals surface area contributed by atoms with E-state index in [9.17, 15) is 5.11 Å². The summed E-state index contributed by atoms with van der Waals surface area (Å²) in [5, 5.41) is 13.2. The van der Waals surface area contributed by atoms with Crippen LogP contribution < -0.4 is 5.32 Å². The minimum absolute atomic E-state index is 0.189. The second-order valence-electron chi connectivity index (χ2n) is 8.11. The first-order valence-electron chi connectivity index (χ1n) is 7.88. The van der Waals surface area contributed by atoms with E-state index in [1.165, 1.54) is 24.8 Å². The number of hydrogen-bond donors (Lipinski definition) is 2. The van der Waals surface area contributed by atoms with E-state index in [1.54, 1.807) is 0 Å². The zero-order valence-electron chi connectivity index (χ0n) is 12.9. The van der Waals surface area contributed by atoms with E-state index in [2.05, 4.69) is 38.2 Å². The Kier molecular flexibility index (Phi) is 3.32. The second kappa shape index (κ2) is 4.77. The second-order valence-corrected chi connectivity index (χ2v) is 8.11. The molecule has 2 heteroatoms. The van der Waals surface area contributed by atoms with E-state index in [-0.39, 0.29) is 5.54 Å². The highest BCUT2D eigenvalue weighted by atomic mass is 16.3.